The number of aromatic nitrogens is 1. The maximum atomic E-state index is 4.95. The third kappa shape index (κ3) is 2.14. The second kappa shape index (κ2) is 4.81. The molecule has 0 saturated carbocycles. The highest BCUT2D eigenvalue weighted by Crippen LogP contribution is 2.37. The summed E-state index contributed by atoms with van der Waals surface area (Å²) in [5.74, 6) is 0. The Balaban J connectivity index is 1.81. The molecule has 0 N–H and O–H groups in total. The highest BCUT2D eigenvalue weighted by atomic mass is 14.7. The molecule has 0 unspecified atom stereocenters. The average Bonchev–Trinajstić information content (AvgIpc) is 2.82. The molecule has 0 saturated heterocycles. The standard InChI is InChI=1S/C21H19N/c1-13-4-5-18-16(9-13)12-21-19(18)6-7-20(22-21)17-10-14(2)8-15(3)11-17/h4-11H,12H2,1-3H3. The molecule has 0 bridgehead atoms. The fourth-order valence-corrected chi connectivity index (χ4v) is 3.48. The summed E-state index contributed by atoms with van der Waals surface area (Å²) in [4.78, 5) is 4.95. The summed E-state index contributed by atoms with van der Waals surface area (Å²) in [6.45, 7) is 6.43. The summed E-state index contributed by atoms with van der Waals surface area (Å²) in [6.07, 6.45) is 0.949. The van der Waals surface area contributed by atoms with Crippen molar-refractivity contribution < 1.29 is 0 Å². The number of hydrogen-bond donors (Lipinski definition) is 0. The summed E-state index contributed by atoms with van der Waals surface area (Å²) < 4.78 is 0. The molecule has 1 aliphatic carbocycles. The first kappa shape index (κ1) is 13.3. The van der Waals surface area contributed by atoms with Crippen LogP contribution in [-0.4, -0.2) is 4.98 Å². The molecule has 1 heterocycles. The number of fused-ring (bicyclic) bond motifs is 3. The van der Waals surface area contributed by atoms with Gasteiger partial charge in [0.1, 0.15) is 0 Å². The van der Waals surface area contributed by atoms with Crippen molar-refractivity contribution in [2.24, 2.45) is 0 Å². The van der Waals surface area contributed by atoms with Crippen molar-refractivity contribution >= 4 is 0 Å². The molecule has 1 aromatic heterocycles. The van der Waals surface area contributed by atoms with Gasteiger partial charge in [0.25, 0.3) is 0 Å². The highest BCUT2D eigenvalue weighted by Gasteiger charge is 2.20. The Kier molecular flexibility index (Phi) is 2.90. The zero-order valence-corrected chi connectivity index (χ0v) is 13.3. The minimum absolute atomic E-state index is 0.949. The van der Waals surface area contributed by atoms with E-state index in [0.717, 1.165) is 12.1 Å². The van der Waals surface area contributed by atoms with E-state index in [0.29, 0.717) is 0 Å². The van der Waals surface area contributed by atoms with Gasteiger partial charge in [-0.1, -0.05) is 47.0 Å². The number of rotatable bonds is 1. The number of benzene rings is 2. The molecule has 0 radical (unpaired) electrons. The second-order valence-electron chi connectivity index (χ2n) is 6.40. The van der Waals surface area contributed by atoms with Crippen molar-refractivity contribution in [3.8, 4) is 22.4 Å². The van der Waals surface area contributed by atoms with Gasteiger partial charge in [-0.3, -0.25) is 4.98 Å². The minimum Gasteiger partial charge on any atom is -0.252 e. The maximum absolute atomic E-state index is 4.95. The lowest BCUT2D eigenvalue weighted by Gasteiger charge is -2.07. The van der Waals surface area contributed by atoms with E-state index in [1.807, 2.05) is 0 Å². The van der Waals surface area contributed by atoms with Crippen molar-refractivity contribution in [3.05, 3.63) is 76.5 Å². The molecule has 3 aromatic rings. The van der Waals surface area contributed by atoms with Gasteiger partial charge in [-0.15, -0.1) is 0 Å². The third-order valence-corrected chi connectivity index (χ3v) is 4.40. The van der Waals surface area contributed by atoms with Gasteiger partial charge >= 0.3 is 0 Å². The molecule has 1 nitrogen and oxygen atoms in total. The van der Waals surface area contributed by atoms with E-state index in [4.69, 9.17) is 4.98 Å². The van der Waals surface area contributed by atoms with Gasteiger partial charge in [0.2, 0.25) is 0 Å². The van der Waals surface area contributed by atoms with Crippen LogP contribution in [0.2, 0.25) is 0 Å². The van der Waals surface area contributed by atoms with Crippen LogP contribution in [0.15, 0.2) is 48.5 Å². The van der Waals surface area contributed by atoms with Crippen LogP contribution in [0.1, 0.15) is 27.9 Å². The SMILES string of the molecule is Cc1cc(C)cc(-c2ccc3c(n2)Cc2cc(C)ccc2-3)c1. The Morgan fingerprint density at radius 3 is 2.23 bits per heavy atom. The van der Waals surface area contributed by atoms with Crippen LogP contribution in [0.3, 0.4) is 0 Å². The molecule has 108 valence electrons. The van der Waals surface area contributed by atoms with Crippen LogP contribution in [0.4, 0.5) is 0 Å². The Morgan fingerprint density at radius 1 is 0.727 bits per heavy atom. The molecule has 1 heteroatoms. The highest BCUT2D eigenvalue weighted by molar-refractivity contribution is 5.77. The minimum atomic E-state index is 0.949. The molecule has 0 aliphatic heterocycles. The van der Waals surface area contributed by atoms with E-state index >= 15 is 0 Å². The Bertz CT molecular complexity index is 870. The fraction of sp³-hybridized carbons (Fsp3) is 0.190. The Hall–Kier alpha value is -2.41. The Labute approximate surface area is 131 Å². The van der Waals surface area contributed by atoms with Crippen molar-refractivity contribution in [2.45, 2.75) is 27.2 Å². The summed E-state index contributed by atoms with van der Waals surface area (Å²) in [5, 5.41) is 0. The van der Waals surface area contributed by atoms with E-state index < -0.39 is 0 Å². The topological polar surface area (TPSA) is 12.9 Å². The average molecular weight is 285 g/mol. The van der Waals surface area contributed by atoms with E-state index in [1.54, 1.807) is 0 Å². The normalized spacial score (nSPS) is 12.1. The molecule has 0 atom stereocenters. The van der Waals surface area contributed by atoms with Gasteiger partial charge in [0.05, 0.1) is 11.4 Å². The third-order valence-electron chi connectivity index (χ3n) is 4.40. The number of pyridine rings is 1. The van der Waals surface area contributed by atoms with E-state index in [1.165, 1.54) is 44.6 Å². The largest absolute Gasteiger partial charge is 0.252 e. The molecule has 4 rings (SSSR count). The monoisotopic (exact) mass is 285 g/mol. The first-order valence-electron chi connectivity index (χ1n) is 7.79. The van der Waals surface area contributed by atoms with Gasteiger partial charge < -0.3 is 0 Å². The quantitative estimate of drug-likeness (QED) is 0.466. The zero-order valence-electron chi connectivity index (χ0n) is 13.3. The molecule has 22 heavy (non-hydrogen) atoms. The Morgan fingerprint density at radius 2 is 1.45 bits per heavy atom. The van der Waals surface area contributed by atoms with Gasteiger partial charge in [-0.05, 0) is 50.1 Å². The van der Waals surface area contributed by atoms with Crippen LogP contribution >= 0.6 is 0 Å². The smallest absolute Gasteiger partial charge is 0.0706 e. The van der Waals surface area contributed by atoms with Crippen LogP contribution in [-0.2, 0) is 6.42 Å². The van der Waals surface area contributed by atoms with Crippen LogP contribution in [0, 0.1) is 20.8 Å². The summed E-state index contributed by atoms with van der Waals surface area (Å²) in [5.41, 5.74) is 11.4. The predicted molar refractivity (Wildman–Crippen MR) is 92.1 cm³/mol. The van der Waals surface area contributed by atoms with Crippen LogP contribution in [0.25, 0.3) is 22.4 Å². The van der Waals surface area contributed by atoms with Crippen molar-refractivity contribution in [3.63, 3.8) is 0 Å². The lowest BCUT2D eigenvalue weighted by atomic mass is 10.0. The molecule has 1 aliphatic rings. The second-order valence-corrected chi connectivity index (χ2v) is 6.40. The molecular formula is C21H19N. The van der Waals surface area contributed by atoms with Crippen LogP contribution < -0.4 is 0 Å². The van der Waals surface area contributed by atoms with Gasteiger partial charge in [-0.25, -0.2) is 0 Å². The lowest BCUT2D eigenvalue weighted by Crippen LogP contribution is -1.91. The molecular weight excluding hydrogens is 266 g/mol. The lowest BCUT2D eigenvalue weighted by molar-refractivity contribution is 1.12. The molecule has 0 spiro atoms. The summed E-state index contributed by atoms with van der Waals surface area (Å²) in [7, 11) is 0. The predicted octanol–water partition coefficient (Wildman–Crippen LogP) is 5.25. The summed E-state index contributed by atoms with van der Waals surface area (Å²) in [6, 6.07) is 17.7. The fourth-order valence-electron chi connectivity index (χ4n) is 3.48. The van der Waals surface area contributed by atoms with Gasteiger partial charge in [-0.2, -0.15) is 0 Å². The van der Waals surface area contributed by atoms with Crippen molar-refractivity contribution in [1.82, 2.24) is 4.98 Å². The first-order valence-corrected chi connectivity index (χ1v) is 7.79. The van der Waals surface area contributed by atoms with Crippen molar-refractivity contribution in [1.29, 1.82) is 0 Å². The summed E-state index contributed by atoms with van der Waals surface area (Å²) >= 11 is 0. The van der Waals surface area contributed by atoms with Crippen molar-refractivity contribution in [2.75, 3.05) is 0 Å². The zero-order chi connectivity index (χ0) is 15.3. The maximum Gasteiger partial charge on any atom is 0.0706 e. The van der Waals surface area contributed by atoms with Gasteiger partial charge in [0, 0.05) is 17.5 Å². The molecule has 2 aromatic carbocycles. The number of aryl methyl sites for hydroxylation is 3. The van der Waals surface area contributed by atoms with E-state index in [2.05, 4.69) is 69.3 Å². The molecule has 0 fully saturated rings. The number of nitrogens with zero attached hydrogens (tertiary/aromatic N) is 1. The molecule has 0 amide bonds. The van der Waals surface area contributed by atoms with Crippen LogP contribution in [0.5, 0.6) is 0 Å². The van der Waals surface area contributed by atoms with E-state index in [9.17, 15) is 0 Å². The number of hydrogen-bond acceptors (Lipinski definition) is 1. The van der Waals surface area contributed by atoms with E-state index in [-0.39, 0.29) is 0 Å². The van der Waals surface area contributed by atoms with Gasteiger partial charge in [0.15, 0.2) is 0 Å². The first-order chi connectivity index (χ1) is 10.6.